The van der Waals surface area contributed by atoms with E-state index in [9.17, 15) is 0 Å². The Balaban J connectivity index is 0. The number of hydrogen-bond acceptors (Lipinski definition) is 3. The van der Waals surface area contributed by atoms with Crippen molar-refractivity contribution in [1.82, 2.24) is 0 Å². The van der Waals surface area contributed by atoms with E-state index in [0.717, 1.165) is 0 Å². The van der Waals surface area contributed by atoms with Gasteiger partial charge in [0, 0.05) is 0 Å². The molecule has 0 aliphatic rings. The van der Waals surface area contributed by atoms with Gasteiger partial charge in [-0.1, -0.05) is 0 Å². The van der Waals surface area contributed by atoms with Crippen LogP contribution in [-0.2, 0) is 27.8 Å². The molecule has 0 spiro atoms. The fraction of sp³-hybridized carbons (Fsp3) is 0. The van der Waals surface area contributed by atoms with E-state index in [2.05, 4.69) is 0 Å². The summed E-state index contributed by atoms with van der Waals surface area (Å²) in [5, 5.41) is 0. The maximum atomic E-state index is 8.58. The zero-order valence-corrected chi connectivity index (χ0v) is 3.29. The Labute approximate surface area is 75.0 Å². The minimum absolute atomic E-state index is 0. The summed E-state index contributed by atoms with van der Waals surface area (Å²) >= 11 is -4.08. The Bertz CT molecular complexity index is 76.3. The van der Waals surface area contributed by atoms with Crippen molar-refractivity contribution in [3.63, 3.8) is 0 Å². The Morgan fingerprint density at radius 1 is 1.00 bits per heavy atom. The van der Waals surface area contributed by atoms with E-state index in [4.69, 9.17) is 9.97 Å². The molecule has 0 N–H and O–H groups in total. The molecule has 0 aromatic carbocycles. The molecular formula is H2BaO3Ti. The van der Waals surface area contributed by atoms with Gasteiger partial charge in [0.25, 0.3) is 0 Å². The normalized spacial score (nSPS) is 3.00. The van der Waals surface area contributed by atoms with Crippen LogP contribution in [0.15, 0.2) is 0 Å². The monoisotopic (exact) mass is 236 g/mol. The molecule has 5 heteroatoms. The van der Waals surface area contributed by atoms with Crippen LogP contribution >= 0.6 is 0 Å². The van der Waals surface area contributed by atoms with Crippen LogP contribution < -0.4 is 0 Å². The summed E-state index contributed by atoms with van der Waals surface area (Å²) in [5.74, 6) is 0. The van der Waals surface area contributed by atoms with E-state index >= 15 is 0 Å². The van der Waals surface area contributed by atoms with Crippen LogP contribution in [0.25, 0.3) is 0 Å². The molecule has 0 saturated heterocycles. The standard InChI is InChI=1S/Ba.3O.Ti.2H. The van der Waals surface area contributed by atoms with Gasteiger partial charge in [-0.15, -0.1) is 0 Å². The molecule has 0 aliphatic carbocycles. The Hall–Kier alpha value is 1.69. The van der Waals surface area contributed by atoms with Crippen molar-refractivity contribution in [3.05, 3.63) is 0 Å². The molecule has 0 heterocycles. The average Bonchev–Trinajstić information content (AvgIpc) is 0.811. The van der Waals surface area contributed by atoms with Crippen LogP contribution in [0.4, 0.5) is 0 Å². The quantitative estimate of drug-likeness (QED) is 0.492. The average molecular weight is 235 g/mol. The third-order valence-electron chi connectivity index (χ3n) is 0. The Kier molecular flexibility index (Phi) is 11.2. The third-order valence-corrected chi connectivity index (χ3v) is 0. The van der Waals surface area contributed by atoms with Crippen molar-refractivity contribution in [2.24, 2.45) is 0 Å². The van der Waals surface area contributed by atoms with Crippen molar-refractivity contribution < 1.29 is 27.8 Å². The van der Waals surface area contributed by atoms with Gasteiger partial charge in [0.2, 0.25) is 0 Å². The Morgan fingerprint density at radius 3 is 1.00 bits per heavy atom. The van der Waals surface area contributed by atoms with Crippen molar-refractivity contribution in [2.45, 2.75) is 0 Å². The second kappa shape index (κ2) is 5.69. The SMILES string of the molecule is [BaH2].[O]=[Ti](=[O])=[O]. The van der Waals surface area contributed by atoms with Crippen molar-refractivity contribution >= 4 is 48.9 Å². The molecule has 0 radical (unpaired) electrons. The van der Waals surface area contributed by atoms with Gasteiger partial charge in [-0.25, -0.2) is 0 Å². The molecule has 0 bridgehead atoms. The molecule has 0 fully saturated rings. The maximum absolute atomic E-state index is 8.58. The molecule has 0 aromatic rings. The molecule has 0 atom stereocenters. The molecule has 0 aromatic heterocycles. The van der Waals surface area contributed by atoms with Gasteiger partial charge in [0.15, 0.2) is 0 Å². The van der Waals surface area contributed by atoms with Crippen molar-refractivity contribution in [2.75, 3.05) is 0 Å². The molecule has 0 aliphatic heterocycles. The van der Waals surface area contributed by atoms with Gasteiger partial charge in [-0.3, -0.25) is 0 Å². The molecule has 26 valence electrons. The fourth-order valence-electron chi connectivity index (χ4n) is 0. The zero-order chi connectivity index (χ0) is 3.58. The zero-order valence-electron chi connectivity index (χ0n) is 1.72. The Morgan fingerprint density at radius 2 is 1.00 bits per heavy atom. The van der Waals surface area contributed by atoms with E-state index < -0.39 is 17.8 Å². The third kappa shape index (κ3) is 27.2. The van der Waals surface area contributed by atoms with Crippen molar-refractivity contribution in [1.29, 1.82) is 0 Å². The van der Waals surface area contributed by atoms with Gasteiger partial charge >= 0.3 is 76.6 Å². The van der Waals surface area contributed by atoms with Crippen LogP contribution in [0.3, 0.4) is 0 Å². The molecular weight excluding hydrogens is 233 g/mol. The molecule has 0 amide bonds. The predicted octanol–water partition coefficient (Wildman–Crippen LogP) is -1.28. The topological polar surface area (TPSA) is 51.2 Å². The van der Waals surface area contributed by atoms with E-state index in [1.165, 1.54) is 0 Å². The van der Waals surface area contributed by atoms with Crippen LogP contribution in [0, 0.1) is 0 Å². The van der Waals surface area contributed by atoms with Crippen LogP contribution in [0.2, 0.25) is 0 Å². The van der Waals surface area contributed by atoms with E-state index in [1.807, 2.05) is 0 Å². The first-order chi connectivity index (χ1) is 1.73. The molecule has 5 heavy (non-hydrogen) atoms. The summed E-state index contributed by atoms with van der Waals surface area (Å²) in [7, 11) is 0. The van der Waals surface area contributed by atoms with E-state index in [0.29, 0.717) is 0 Å². The van der Waals surface area contributed by atoms with E-state index in [1.54, 1.807) is 0 Å². The summed E-state index contributed by atoms with van der Waals surface area (Å²) in [6, 6.07) is 0. The fourth-order valence-corrected chi connectivity index (χ4v) is 0. The van der Waals surface area contributed by atoms with Crippen molar-refractivity contribution in [3.8, 4) is 0 Å². The predicted molar refractivity (Wildman–Crippen MR) is 10.6 cm³/mol. The summed E-state index contributed by atoms with van der Waals surface area (Å²) in [4.78, 5) is 0. The molecule has 3 nitrogen and oxygen atoms in total. The number of hydrogen-bond donors (Lipinski definition) is 0. The van der Waals surface area contributed by atoms with Gasteiger partial charge in [0.1, 0.15) is 0 Å². The molecule has 0 unspecified atom stereocenters. The van der Waals surface area contributed by atoms with Gasteiger partial charge in [-0.2, -0.15) is 0 Å². The van der Waals surface area contributed by atoms with Gasteiger partial charge in [0.05, 0.1) is 0 Å². The molecule has 0 rings (SSSR count). The first-order valence-electron chi connectivity index (χ1n) is 0.612. The first kappa shape index (κ1) is 9.84. The molecule has 0 saturated carbocycles. The summed E-state index contributed by atoms with van der Waals surface area (Å²) in [6.07, 6.45) is 0. The van der Waals surface area contributed by atoms with E-state index in [-0.39, 0.29) is 48.9 Å². The summed E-state index contributed by atoms with van der Waals surface area (Å²) in [6.45, 7) is 0. The second-order valence-corrected chi connectivity index (χ2v) is 1.03. The van der Waals surface area contributed by atoms with Crippen LogP contribution in [-0.4, -0.2) is 48.9 Å². The van der Waals surface area contributed by atoms with Gasteiger partial charge in [-0.05, 0) is 0 Å². The summed E-state index contributed by atoms with van der Waals surface area (Å²) in [5.41, 5.74) is 0. The van der Waals surface area contributed by atoms with Crippen LogP contribution in [0.1, 0.15) is 0 Å². The van der Waals surface area contributed by atoms with Crippen LogP contribution in [0.5, 0.6) is 0 Å². The first-order valence-corrected chi connectivity index (χ1v) is 2.52. The summed E-state index contributed by atoms with van der Waals surface area (Å²) < 4.78 is 25.8. The number of rotatable bonds is 0. The minimum atomic E-state index is -4.08. The van der Waals surface area contributed by atoms with Gasteiger partial charge < -0.3 is 0 Å². The second-order valence-electron chi connectivity index (χ2n) is 0.250.